The summed E-state index contributed by atoms with van der Waals surface area (Å²) in [4.78, 5) is 14.3. The topological polar surface area (TPSA) is 53.6 Å². The summed E-state index contributed by atoms with van der Waals surface area (Å²) in [6.07, 6.45) is 4.22. The zero-order valence-corrected chi connectivity index (χ0v) is 14.2. The maximum Gasteiger partial charge on any atom is 0.224 e. The minimum Gasteiger partial charge on any atom is -0.381 e. The summed E-state index contributed by atoms with van der Waals surface area (Å²) < 4.78 is 5.73. The van der Waals surface area contributed by atoms with Gasteiger partial charge in [-0.25, -0.2) is 0 Å². The smallest absolute Gasteiger partial charge is 0.224 e. The molecule has 0 aromatic heterocycles. The van der Waals surface area contributed by atoms with Crippen molar-refractivity contribution >= 4 is 5.91 Å². The predicted octanol–water partition coefficient (Wildman–Crippen LogP) is 1.13. The van der Waals surface area contributed by atoms with E-state index < -0.39 is 0 Å². The molecule has 2 N–H and O–H groups in total. The van der Waals surface area contributed by atoms with E-state index in [1.165, 1.54) is 12.8 Å². The van der Waals surface area contributed by atoms with Crippen molar-refractivity contribution in [2.45, 2.75) is 70.1 Å². The molecule has 0 saturated carbocycles. The quantitative estimate of drug-likeness (QED) is 0.821. The number of rotatable bonds is 3. The van der Waals surface area contributed by atoms with E-state index in [4.69, 9.17) is 4.74 Å². The number of nitrogens with one attached hydrogen (secondary N) is 2. The summed E-state index contributed by atoms with van der Waals surface area (Å²) in [7, 11) is 0. The highest BCUT2D eigenvalue weighted by molar-refractivity contribution is 5.80. The summed E-state index contributed by atoms with van der Waals surface area (Å²) in [5.74, 6) is 0.822. The number of ether oxygens (including phenoxy) is 1. The third kappa shape index (κ3) is 3.47. The third-order valence-electron chi connectivity index (χ3n) is 5.40. The molecule has 4 unspecified atom stereocenters. The highest BCUT2D eigenvalue weighted by atomic mass is 16.5. The average Bonchev–Trinajstić information content (AvgIpc) is 3.08. The van der Waals surface area contributed by atoms with Crippen molar-refractivity contribution in [1.29, 1.82) is 0 Å². The highest BCUT2D eigenvalue weighted by Gasteiger charge is 2.40. The zero-order valence-electron chi connectivity index (χ0n) is 14.2. The standard InChI is InChI=1S/C17H31N3O2/c1-17(2,3)20-10-12(9-16(20)21)19-15-6-8-22-11-13(15)14-5-4-7-18-14/h12-15,18-19H,4-11H2,1-3H3. The van der Waals surface area contributed by atoms with Gasteiger partial charge in [0.25, 0.3) is 0 Å². The fourth-order valence-electron chi connectivity index (χ4n) is 4.21. The maximum atomic E-state index is 12.3. The van der Waals surface area contributed by atoms with Crippen molar-refractivity contribution in [3.05, 3.63) is 0 Å². The molecule has 4 atom stereocenters. The lowest BCUT2D eigenvalue weighted by Gasteiger charge is -2.38. The van der Waals surface area contributed by atoms with Crippen LogP contribution in [0.15, 0.2) is 0 Å². The van der Waals surface area contributed by atoms with Gasteiger partial charge in [-0.1, -0.05) is 0 Å². The van der Waals surface area contributed by atoms with E-state index in [0.717, 1.165) is 32.7 Å². The molecule has 3 heterocycles. The SMILES string of the molecule is CC(C)(C)N1CC(NC2CCOCC2C2CCCN2)CC1=O. The molecule has 3 aliphatic rings. The Balaban J connectivity index is 1.60. The molecule has 5 heteroatoms. The number of carbonyl (C=O) groups is 1. The minimum absolute atomic E-state index is 0.0738. The molecule has 0 aromatic carbocycles. The monoisotopic (exact) mass is 309 g/mol. The van der Waals surface area contributed by atoms with Gasteiger partial charge in [-0.05, 0) is 46.6 Å². The van der Waals surface area contributed by atoms with Gasteiger partial charge in [0.05, 0.1) is 6.61 Å². The second kappa shape index (κ2) is 6.46. The first-order chi connectivity index (χ1) is 10.4. The van der Waals surface area contributed by atoms with Gasteiger partial charge in [-0.3, -0.25) is 4.79 Å². The Morgan fingerprint density at radius 2 is 2.14 bits per heavy atom. The molecule has 126 valence electrons. The number of hydrogen-bond acceptors (Lipinski definition) is 4. The second-order valence-electron chi connectivity index (χ2n) is 8.08. The molecule has 0 aromatic rings. The van der Waals surface area contributed by atoms with Gasteiger partial charge in [-0.15, -0.1) is 0 Å². The maximum absolute atomic E-state index is 12.3. The van der Waals surface area contributed by atoms with E-state index >= 15 is 0 Å². The van der Waals surface area contributed by atoms with E-state index in [-0.39, 0.29) is 11.4 Å². The largest absolute Gasteiger partial charge is 0.381 e. The molecular formula is C17H31N3O2. The lowest BCUT2D eigenvalue weighted by Crippen LogP contribution is -2.54. The van der Waals surface area contributed by atoms with Gasteiger partial charge in [0.1, 0.15) is 0 Å². The van der Waals surface area contributed by atoms with Crippen LogP contribution >= 0.6 is 0 Å². The van der Waals surface area contributed by atoms with Crippen LogP contribution in [0, 0.1) is 5.92 Å². The van der Waals surface area contributed by atoms with Crippen molar-refractivity contribution in [2.75, 3.05) is 26.3 Å². The Labute approximate surface area is 134 Å². The van der Waals surface area contributed by atoms with Crippen molar-refractivity contribution in [1.82, 2.24) is 15.5 Å². The predicted molar refractivity (Wildman–Crippen MR) is 86.7 cm³/mol. The molecule has 22 heavy (non-hydrogen) atoms. The Kier molecular flexibility index (Phi) is 4.76. The number of amides is 1. The van der Waals surface area contributed by atoms with Crippen molar-refractivity contribution in [3.8, 4) is 0 Å². The van der Waals surface area contributed by atoms with Crippen LogP contribution in [0.3, 0.4) is 0 Å². The van der Waals surface area contributed by atoms with E-state index in [1.54, 1.807) is 0 Å². The lowest BCUT2D eigenvalue weighted by molar-refractivity contribution is -0.131. The van der Waals surface area contributed by atoms with Crippen LogP contribution in [-0.2, 0) is 9.53 Å². The Bertz CT molecular complexity index is 401. The van der Waals surface area contributed by atoms with Gasteiger partial charge >= 0.3 is 0 Å². The number of nitrogens with zero attached hydrogens (tertiary/aromatic N) is 1. The molecule has 3 aliphatic heterocycles. The summed E-state index contributed by atoms with van der Waals surface area (Å²) in [6.45, 7) is 10.0. The molecule has 0 aliphatic carbocycles. The highest BCUT2D eigenvalue weighted by Crippen LogP contribution is 2.27. The summed E-state index contributed by atoms with van der Waals surface area (Å²) >= 11 is 0. The zero-order chi connectivity index (χ0) is 15.7. The number of likely N-dealkylation sites (tertiary alicyclic amines) is 1. The first-order valence-corrected chi connectivity index (χ1v) is 8.83. The van der Waals surface area contributed by atoms with Crippen molar-refractivity contribution in [2.24, 2.45) is 5.92 Å². The first kappa shape index (κ1) is 16.2. The Morgan fingerprint density at radius 3 is 2.77 bits per heavy atom. The minimum atomic E-state index is -0.0738. The van der Waals surface area contributed by atoms with Gasteiger partial charge < -0.3 is 20.3 Å². The van der Waals surface area contributed by atoms with Crippen molar-refractivity contribution < 1.29 is 9.53 Å². The van der Waals surface area contributed by atoms with Gasteiger partial charge in [0.2, 0.25) is 5.91 Å². The fraction of sp³-hybridized carbons (Fsp3) is 0.941. The van der Waals surface area contributed by atoms with Gasteiger partial charge in [0.15, 0.2) is 0 Å². The Hall–Kier alpha value is -0.650. The number of hydrogen-bond donors (Lipinski definition) is 2. The average molecular weight is 309 g/mol. The number of carbonyl (C=O) groups excluding carboxylic acids is 1. The Morgan fingerprint density at radius 1 is 1.32 bits per heavy atom. The van der Waals surface area contributed by atoms with Crippen LogP contribution in [0.1, 0.15) is 46.5 Å². The molecule has 3 saturated heterocycles. The summed E-state index contributed by atoms with van der Waals surface area (Å²) in [5.41, 5.74) is -0.0738. The molecule has 0 radical (unpaired) electrons. The third-order valence-corrected chi connectivity index (χ3v) is 5.40. The van der Waals surface area contributed by atoms with Crippen molar-refractivity contribution in [3.63, 3.8) is 0 Å². The fourth-order valence-corrected chi connectivity index (χ4v) is 4.21. The van der Waals surface area contributed by atoms with Crippen LogP contribution in [0.2, 0.25) is 0 Å². The molecule has 0 bridgehead atoms. The molecule has 3 fully saturated rings. The van der Waals surface area contributed by atoms with E-state index in [1.807, 2.05) is 4.90 Å². The molecule has 0 spiro atoms. The summed E-state index contributed by atoms with van der Waals surface area (Å²) in [5, 5.41) is 7.42. The van der Waals surface area contributed by atoms with E-state index in [0.29, 0.717) is 30.5 Å². The van der Waals surface area contributed by atoms with Crippen LogP contribution < -0.4 is 10.6 Å². The first-order valence-electron chi connectivity index (χ1n) is 8.83. The molecule has 3 rings (SSSR count). The normalized spacial score (nSPS) is 37.0. The van der Waals surface area contributed by atoms with Gasteiger partial charge in [-0.2, -0.15) is 0 Å². The van der Waals surface area contributed by atoms with Crippen LogP contribution in [-0.4, -0.2) is 60.8 Å². The lowest BCUT2D eigenvalue weighted by atomic mass is 9.87. The summed E-state index contributed by atoms with van der Waals surface area (Å²) in [6, 6.07) is 1.34. The second-order valence-corrected chi connectivity index (χ2v) is 8.08. The van der Waals surface area contributed by atoms with Gasteiger partial charge in [0, 0.05) is 49.2 Å². The molecule has 1 amide bonds. The molecular weight excluding hydrogens is 278 g/mol. The van der Waals surface area contributed by atoms with E-state index in [9.17, 15) is 4.79 Å². The van der Waals surface area contributed by atoms with Crippen LogP contribution in [0.5, 0.6) is 0 Å². The van der Waals surface area contributed by atoms with E-state index in [2.05, 4.69) is 31.4 Å². The molecule has 5 nitrogen and oxygen atoms in total. The van der Waals surface area contributed by atoms with Crippen LogP contribution in [0.4, 0.5) is 0 Å². The van der Waals surface area contributed by atoms with Crippen LogP contribution in [0.25, 0.3) is 0 Å².